The molecule has 2 unspecified atom stereocenters. The highest BCUT2D eigenvalue weighted by atomic mass is 35.5. The van der Waals surface area contributed by atoms with E-state index < -0.39 is 0 Å². The number of hydrogen-bond donors (Lipinski definition) is 2. The Morgan fingerprint density at radius 2 is 2.20 bits per heavy atom. The normalized spacial score (nSPS) is 25.9. The molecule has 1 saturated heterocycles. The number of carbonyl (C=O) groups excluding carboxylic acids is 1. The lowest BCUT2D eigenvalue weighted by atomic mass is 10.1. The van der Waals surface area contributed by atoms with E-state index in [0.717, 1.165) is 38.4 Å². The first-order valence-electron chi connectivity index (χ1n) is 7.15. The van der Waals surface area contributed by atoms with Crippen molar-refractivity contribution in [2.45, 2.75) is 32.2 Å². The SMILES string of the molecule is CC1CC1CNC(=O)c1cn(C2CCNCC2)nn1.Cl. The Kier molecular flexibility index (Phi) is 4.99. The lowest BCUT2D eigenvalue weighted by molar-refractivity contribution is 0.0946. The third kappa shape index (κ3) is 3.49. The molecule has 1 aliphatic heterocycles. The molecule has 2 atom stereocenters. The summed E-state index contributed by atoms with van der Waals surface area (Å²) in [7, 11) is 0. The van der Waals surface area contributed by atoms with Gasteiger partial charge in [0.1, 0.15) is 0 Å². The number of amides is 1. The second-order valence-electron chi connectivity index (χ2n) is 5.75. The number of carbonyl (C=O) groups is 1. The smallest absolute Gasteiger partial charge is 0.273 e. The predicted octanol–water partition coefficient (Wildman–Crippen LogP) is 1.01. The Balaban J connectivity index is 0.00000147. The summed E-state index contributed by atoms with van der Waals surface area (Å²) in [6, 6.07) is 0.374. The Labute approximate surface area is 125 Å². The van der Waals surface area contributed by atoms with E-state index in [-0.39, 0.29) is 18.3 Å². The zero-order valence-corrected chi connectivity index (χ0v) is 12.5. The van der Waals surface area contributed by atoms with E-state index in [2.05, 4.69) is 27.9 Å². The molecule has 0 aromatic carbocycles. The third-order valence-corrected chi connectivity index (χ3v) is 4.23. The zero-order valence-electron chi connectivity index (χ0n) is 11.7. The molecule has 3 rings (SSSR count). The maximum Gasteiger partial charge on any atom is 0.273 e. The van der Waals surface area contributed by atoms with Gasteiger partial charge < -0.3 is 10.6 Å². The Morgan fingerprint density at radius 3 is 2.85 bits per heavy atom. The van der Waals surface area contributed by atoms with Crippen molar-refractivity contribution in [1.82, 2.24) is 25.6 Å². The number of aromatic nitrogens is 3. The van der Waals surface area contributed by atoms with Gasteiger partial charge in [-0.2, -0.15) is 0 Å². The van der Waals surface area contributed by atoms with Crippen molar-refractivity contribution in [2.24, 2.45) is 11.8 Å². The molecule has 2 fully saturated rings. The minimum absolute atomic E-state index is 0. The minimum Gasteiger partial charge on any atom is -0.350 e. The van der Waals surface area contributed by atoms with E-state index >= 15 is 0 Å². The van der Waals surface area contributed by atoms with Crippen molar-refractivity contribution < 1.29 is 4.79 Å². The van der Waals surface area contributed by atoms with Gasteiger partial charge in [0.05, 0.1) is 12.2 Å². The highest BCUT2D eigenvalue weighted by Gasteiger charge is 2.32. The molecule has 2 N–H and O–H groups in total. The van der Waals surface area contributed by atoms with E-state index in [0.29, 0.717) is 17.7 Å². The first-order valence-corrected chi connectivity index (χ1v) is 7.15. The summed E-state index contributed by atoms with van der Waals surface area (Å²) in [5, 5.41) is 14.3. The Bertz CT molecular complexity index is 457. The number of halogens is 1. The quantitative estimate of drug-likeness (QED) is 0.870. The van der Waals surface area contributed by atoms with Gasteiger partial charge in [0.15, 0.2) is 5.69 Å². The van der Waals surface area contributed by atoms with Crippen molar-refractivity contribution in [2.75, 3.05) is 19.6 Å². The van der Waals surface area contributed by atoms with Crippen LogP contribution in [0.15, 0.2) is 6.20 Å². The topological polar surface area (TPSA) is 71.8 Å². The lowest BCUT2D eigenvalue weighted by Crippen LogP contribution is -2.29. The van der Waals surface area contributed by atoms with Crippen LogP contribution in [-0.4, -0.2) is 40.5 Å². The second-order valence-corrected chi connectivity index (χ2v) is 5.75. The highest BCUT2D eigenvalue weighted by Crippen LogP contribution is 2.36. The molecule has 2 aliphatic rings. The van der Waals surface area contributed by atoms with Crippen LogP contribution in [0.2, 0.25) is 0 Å². The van der Waals surface area contributed by atoms with Crippen molar-refractivity contribution >= 4 is 18.3 Å². The van der Waals surface area contributed by atoms with Gasteiger partial charge in [-0.3, -0.25) is 4.79 Å². The van der Waals surface area contributed by atoms with Crippen LogP contribution in [0, 0.1) is 11.8 Å². The summed E-state index contributed by atoms with van der Waals surface area (Å²) in [4.78, 5) is 11.9. The van der Waals surface area contributed by atoms with Crippen molar-refractivity contribution in [3.05, 3.63) is 11.9 Å². The standard InChI is InChI=1S/C13H21N5O.ClH/c1-9-6-10(9)7-15-13(19)12-8-18(17-16-12)11-2-4-14-5-3-11;/h8-11,14H,2-7H2,1H3,(H,15,19);1H. The fraction of sp³-hybridized carbons (Fsp3) is 0.769. The molecule has 0 spiro atoms. The van der Waals surface area contributed by atoms with Crippen LogP contribution in [0.4, 0.5) is 0 Å². The van der Waals surface area contributed by atoms with Gasteiger partial charge in [0.2, 0.25) is 0 Å². The summed E-state index contributed by atoms with van der Waals surface area (Å²) in [6.45, 7) is 4.99. The molecular formula is C13H22ClN5O. The van der Waals surface area contributed by atoms with Gasteiger partial charge in [-0.1, -0.05) is 12.1 Å². The second kappa shape index (κ2) is 6.54. The molecule has 1 saturated carbocycles. The number of nitrogens with one attached hydrogen (secondary N) is 2. The van der Waals surface area contributed by atoms with E-state index in [4.69, 9.17) is 0 Å². The number of nitrogens with zero attached hydrogens (tertiary/aromatic N) is 3. The van der Waals surface area contributed by atoms with Crippen LogP contribution in [0.25, 0.3) is 0 Å². The molecule has 1 aromatic heterocycles. The van der Waals surface area contributed by atoms with Gasteiger partial charge >= 0.3 is 0 Å². The number of hydrogen-bond acceptors (Lipinski definition) is 4. The molecule has 6 nitrogen and oxygen atoms in total. The highest BCUT2D eigenvalue weighted by molar-refractivity contribution is 5.91. The first-order chi connectivity index (χ1) is 9.24. The average molecular weight is 300 g/mol. The summed E-state index contributed by atoms with van der Waals surface area (Å²) >= 11 is 0. The van der Waals surface area contributed by atoms with Crippen molar-refractivity contribution in [3.63, 3.8) is 0 Å². The average Bonchev–Trinajstić information content (AvgIpc) is 2.94. The first kappa shape index (κ1) is 15.3. The van der Waals surface area contributed by atoms with Crippen LogP contribution in [-0.2, 0) is 0 Å². The van der Waals surface area contributed by atoms with E-state index in [9.17, 15) is 4.79 Å². The largest absolute Gasteiger partial charge is 0.350 e. The number of piperidine rings is 1. The van der Waals surface area contributed by atoms with E-state index in [1.165, 1.54) is 6.42 Å². The van der Waals surface area contributed by atoms with Crippen LogP contribution >= 0.6 is 12.4 Å². The fourth-order valence-corrected chi connectivity index (χ4v) is 2.63. The molecule has 112 valence electrons. The molecule has 1 aromatic rings. The van der Waals surface area contributed by atoms with E-state index in [1.807, 2.05) is 4.68 Å². The maximum absolute atomic E-state index is 11.9. The molecule has 20 heavy (non-hydrogen) atoms. The van der Waals surface area contributed by atoms with Crippen molar-refractivity contribution in [1.29, 1.82) is 0 Å². The Hall–Kier alpha value is -1.14. The van der Waals surface area contributed by atoms with Gasteiger partial charge in [0, 0.05) is 6.54 Å². The molecule has 0 bridgehead atoms. The molecule has 1 amide bonds. The van der Waals surface area contributed by atoms with Crippen molar-refractivity contribution in [3.8, 4) is 0 Å². The van der Waals surface area contributed by atoms with Crippen LogP contribution in [0.3, 0.4) is 0 Å². The van der Waals surface area contributed by atoms with Gasteiger partial charge in [-0.05, 0) is 44.2 Å². The van der Waals surface area contributed by atoms with Crippen LogP contribution in [0.5, 0.6) is 0 Å². The summed E-state index contributed by atoms with van der Waals surface area (Å²) in [5.74, 6) is 1.31. The fourth-order valence-electron chi connectivity index (χ4n) is 2.63. The van der Waals surface area contributed by atoms with Crippen LogP contribution in [0.1, 0.15) is 42.7 Å². The van der Waals surface area contributed by atoms with Gasteiger partial charge in [-0.15, -0.1) is 17.5 Å². The molecule has 0 radical (unpaired) electrons. The maximum atomic E-state index is 11.9. The predicted molar refractivity (Wildman–Crippen MR) is 78.0 cm³/mol. The lowest BCUT2D eigenvalue weighted by Gasteiger charge is -2.22. The monoisotopic (exact) mass is 299 g/mol. The van der Waals surface area contributed by atoms with E-state index in [1.54, 1.807) is 6.20 Å². The summed E-state index contributed by atoms with van der Waals surface area (Å²) < 4.78 is 1.84. The molecule has 7 heteroatoms. The molecular weight excluding hydrogens is 278 g/mol. The summed E-state index contributed by atoms with van der Waals surface area (Å²) in [5.41, 5.74) is 0.437. The van der Waals surface area contributed by atoms with Gasteiger partial charge in [0.25, 0.3) is 5.91 Å². The summed E-state index contributed by atoms with van der Waals surface area (Å²) in [6.07, 6.45) is 5.09. The third-order valence-electron chi connectivity index (χ3n) is 4.23. The molecule has 1 aliphatic carbocycles. The zero-order chi connectivity index (χ0) is 13.2. The Morgan fingerprint density at radius 1 is 1.50 bits per heavy atom. The van der Waals surface area contributed by atoms with Gasteiger partial charge in [-0.25, -0.2) is 4.68 Å². The number of rotatable bonds is 4. The minimum atomic E-state index is -0.0979. The van der Waals surface area contributed by atoms with Crippen LogP contribution < -0.4 is 10.6 Å². The molecule has 2 heterocycles.